The van der Waals surface area contributed by atoms with Gasteiger partial charge in [0.25, 0.3) is 5.91 Å². The summed E-state index contributed by atoms with van der Waals surface area (Å²) in [4.78, 5) is 23.0. The molecule has 0 saturated carbocycles. The molecule has 1 rings (SSSR count). The zero-order valence-corrected chi connectivity index (χ0v) is 16.7. The van der Waals surface area contributed by atoms with E-state index in [1.165, 1.54) is 6.07 Å². The summed E-state index contributed by atoms with van der Waals surface area (Å²) in [7, 11) is 0. The van der Waals surface area contributed by atoms with Gasteiger partial charge in [-0.3, -0.25) is 4.79 Å². The number of aliphatic carboxylic acids is 1. The van der Waals surface area contributed by atoms with Crippen LogP contribution in [0.5, 0.6) is 0 Å². The standard InChI is InChI=1S/C11H7F3I3NO3/c1-10(9(20)21,11(12,13)14)18-8(19)5-2-4(15)3-6(16)7(5)17/h2-3H,1H3,(H,18,19)(H,20,21). The highest BCUT2D eigenvalue weighted by atomic mass is 127. The Morgan fingerprint density at radius 2 is 1.71 bits per heavy atom. The molecule has 21 heavy (non-hydrogen) atoms. The largest absolute Gasteiger partial charge is 0.479 e. The van der Waals surface area contributed by atoms with E-state index in [0.29, 0.717) is 17.6 Å². The molecule has 0 heterocycles. The van der Waals surface area contributed by atoms with Crippen LogP contribution in [0.1, 0.15) is 17.3 Å². The maximum atomic E-state index is 12.9. The highest BCUT2D eigenvalue weighted by molar-refractivity contribution is 14.1. The van der Waals surface area contributed by atoms with Crippen molar-refractivity contribution in [3.8, 4) is 0 Å². The second kappa shape index (κ2) is 6.72. The molecule has 1 atom stereocenters. The molecule has 2 N–H and O–H groups in total. The lowest BCUT2D eigenvalue weighted by Crippen LogP contribution is -2.62. The molecular weight excluding hydrogens is 632 g/mol. The first-order chi connectivity index (χ1) is 9.40. The zero-order valence-electron chi connectivity index (χ0n) is 10.2. The molecule has 0 fully saturated rings. The summed E-state index contributed by atoms with van der Waals surface area (Å²) in [6, 6.07) is 3.15. The Balaban J connectivity index is 3.25. The van der Waals surface area contributed by atoms with Crippen LogP contribution in [0.4, 0.5) is 13.2 Å². The molecule has 0 aliphatic heterocycles. The molecule has 1 aromatic carbocycles. The van der Waals surface area contributed by atoms with E-state index >= 15 is 0 Å². The molecule has 4 nitrogen and oxygen atoms in total. The Morgan fingerprint density at radius 3 is 2.14 bits per heavy atom. The second-order valence-corrected chi connectivity index (χ2v) is 7.62. The number of hydrogen-bond donors (Lipinski definition) is 2. The van der Waals surface area contributed by atoms with Gasteiger partial charge in [0.2, 0.25) is 5.54 Å². The molecule has 0 bridgehead atoms. The van der Waals surface area contributed by atoms with Gasteiger partial charge >= 0.3 is 12.1 Å². The van der Waals surface area contributed by atoms with Gasteiger partial charge in [0.1, 0.15) is 0 Å². The van der Waals surface area contributed by atoms with E-state index in [9.17, 15) is 22.8 Å². The van der Waals surface area contributed by atoms with Crippen molar-refractivity contribution in [2.45, 2.75) is 18.6 Å². The van der Waals surface area contributed by atoms with Gasteiger partial charge in [-0.15, -0.1) is 0 Å². The van der Waals surface area contributed by atoms with Gasteiger partial charge in [-0.1, -0.05) is 0 Å². The highest BCUT2D eigenvalue weighted by Crippen LogP contribution is 2.31. The number of hydrogen-bond acceptors (Lipinski definition) is 2. The summed E-state index contributed by atoms with van der Waals surface area (Å²) in [5, 5.41) is 10.4. The normalized spacial score (nSPS) is 14.4. The Morgan fingerprint density at radius 1 is 1.19 bits per heavy atom. The summed E-state index contributed by atoms with van der Waals surface area (Å²) in [6.07, 6.45) is -5.12. The smallest absolute Gasteiger partial charge is 0.422 e. The molecule has 1 amide bonds. The zero-order chi connectivity index (χ0) is 16.6. The van der Waals surface area contributed by atoms with Crippen LogP contribution < -0.4 is 5.32 Å². The van der Waals surface area contributed by atoms with Crippen LogP contribution in [0.15, 0.2) is 12.1 Å². The van der Waals surface area contributed by atoms with Crippen LogP contribution in [-0.2, 0) is 4.79 Å². The average Bonchev–Trinajstić information content (AvgIpc) is 2.31. The van der Waals surface area contributed by atoms with Crippen LogP contribution in [0.25, 0.3) is 0 Å². The molecule has 0 saturated heterocycles. The number of rotatable bonds is 3. The van der Waals surface area contributed by atoms with Crippen LogP contribution >= 0.6 is 67.8 Å². The summed E-state index contributed by atoms with van der Waals surface area (Å²) in [5.74, 6) is -3.25. The average molecular weight is 639 g/mol. The number of carboxylic acids is 1. The first kappa shape index (κ1) is 19.2. The minimum atomic E-state index is -5.12. The lowest BCUT2D eigenvalue weighted by Gasteiger charge is -2.28. The molecule has 0 aromatic heterocycles. The Kier molecular flexibility index (Phi) is 6.14. The summed E-state index contributed by atoms with van der Waals surface area (Å²) >= 11 is 5.69. The predicted molar refractivity (Wildman–Crippen MR) is 94.2 cm³/mol. The van der Waals surface area contributed by atoms with E-state index in [4.69, 9.17) is 5.11 Å². The van der Waals surface area contributed by atoms with Crippen molar-refractivity contribution in [1.82, 2.24) is 5.32 Å². The van der Waals surface area contributed by atoms with Gasteiger partial charge in [0.05, 0.1) is 5.56 Å². The lowest BCUT2D eigenvalue weighted by molar-refractivity contribution is -0.203. The fraction of sp³-hybridized carbons (Fsp3) is 0.273. The molecular formula is C11H7F3I3NO3. The second-order valence-electron chi connectivity index (χ2n) is 4.13. The molecule has 1 aromatic rings. The first-order valence-corrected chi connectivity index (χ1v) is 8.41. The van der Waals surface area contributed by atoms with Crippen molar-refractivity contribution in [1.29, 1.82) is 0 Å². The van der Waals surface area contributed by atoms with Gasteiger partial charge in [0, 0.05) is 10.7 Å². The van der Waals surface area contributed by atoms with Crippen LogP contribution in [0.3, 0.4) is 0 Å². The van der Waals surface area contributed by atoms with Crippen molar-refractivity contribution in [3.05, 3.63) is 28.4 Å². The quantitative estimate of drug-likeness (QED) is 0.393. The maximum absolute atomic E-state index is 12.9. The molecule has 0 spiro atoms. The third kappa shape index (κ3) is 4.11. The summed E-state index contributed by atoms with van der Waals surface area (Å²) < 4.78 is 40.5. The topological polar surface area (TPSA) is 66.4 Å². The van der Waals surface area contributed by atoms with Gasteiger partial charge in [-0.25, -0.2) is 4.79 Å². The number of nitrogens with one attached hydrogen (secondary N) is 1. The van der Waals surface area contributed by atoms with Crippen LogP contribution in [-0.4, -0.2) is 28.7 Å². The van der Waals surface area contributed by atoms with Crippen LogP contribution in [0.2, 0.25) is 0 Å². The monoisotopic (exact) mass is 639 g/mol. The third-order valence-electron chi connectivity index (χ3n) is 2.60. The van der Waals surface area contributed by atoms with E-state index in [1.807, 2.05) is 67.8 Å². The van der Waals surface area contributed by atoms with E-state index in [1.54, 1.807) is 11.4 Å². The number of halogens is 6. The fourth-order valence-electron chi connectivity index (χ4n) is 1.26. The third-order valence-corrected chi connectivity index (χ3v) is 6.26. The van der Waals surface area contributed by atoms with Crippen molar-refractivity contribution in [2.24, 2.45) is 0 Å². The summed E-state index contributed by atoms with van der Waals surface area (Å²) in [5.41, 5.74) is -3.34. The SMILES string of the molecule is CC(NC(=O)c1cc(I)cc(I)c1I)(C(=O)O)C(F)(F)F. The van der Waals surface area contributed by atoms with Crippen molar-refractivity contribution < 1.29 is 27.9 Å². The van der Waals surface area contributed by atoms with Gasteiger partial charge in [0.15, 0.2) is 0 Å². The molecule has 0 radical (unpaired) electrons. The highest BCUT2D eigenvalue weighted by Gasteiger charge is 2.58. The fourth-order valence-corrected chi connectivity index (χ4v) is 3.66. The number of amides is 1. The molecule has 1 unspecified atom stereocenters. The number of carbonyl (C=O) groups excluding carboxylic acids is 1. The van der Waals surface area contributed by atoms with Gasteiger partial charge in [-0.2, -0.15) is 13.2 Å². The molecule has 0 aliphatic rings. The first-order valence-electron chi connectivity index (χ1n) is 5.17. The maximum Gasteiger partial charge on any atom is 0.422 e. The van der Waals surface area contributed by atoms with Crippen molar-refractivity contribution in [3.63, 3.8) is 0 Å². The van der Waals surface area contributed by atoms with E-state index < -0.39 is 23.6 Å². The van der Waals surface area contributed by atoms with E-state index in [2.05, 4.69) is 0 Å². The van der Waals surface area contributed by atoms with Gasteiger partial charge in [-0.05, 0) is 86.8 Å². The molecule has 0 aliphatic carbocycles. The number of benzene rings is 1. The number of alkyl halides is 3. The Bertz CT molecular complexity index is 606. The predicted octanol–water partition coefficient (Wildman–Crippen LogP) is 3.64. The number of carbonyl (C=O) groups is 2. The molecule has 116 valence electrons. The van der Waals surface area contributed by atoms with Crippen molar-refractivity contribution in [2.75, 3.05) is 0 Å². The van der Waals surface area contributed by atoms with E-state index in [0.717, 1.165) is 0 Å². The van der Waals surface area contributed by atoms with Crippen LogP contribution in [0, 0.1) is 10.7 Å². The van der Waals surface area contributed by atoms with Crippen molar-refractivity contribution >= 4 is 79.6 Å². The lowest BCUT2D eigenvalue weighted by atomic mass is 10.0. The Hall–Kier alpha value is 0.140. The molecule has 10 heteroatoms. The number of carboxylic acid groups (broad SMARTS) is 1. The summed E-state index contributed by atoms with van der Waals surface area (Å²) in [6.45, 7) is 0.416. The Labute approximate surface area is 158 Å². The minimum absolute atomic E-state index is 0.00336. The van der Waals surface area contributed by atoms with Gasteiger partial charge < -0.3 is 10.4 Å². The minimum Gasteiger partial charge on any atom is -0.479 e. The van der Waals surface area contributed by atoms with E-state index in [-0.39, 0.29) is 5.56 Å².